The Morgan fingerprint density at radius 3 is 1.64 bits per heavy atom. The first-order valence-electron chi connectivity index (χ1n) is 8.41. The monoisotopic (exact) mass is 378 g/mol. The summed E-state index contributed by atoms with van der Waals surface area (Å²) >= 11 is 0. The van der Waals surface area contributed by atoms with Gasteiger partial charge in [-0.25, -0.2) is 0 Å². The van der Waals surface area contributed by atoms with Gasteiger partial charge < -0.3 is 14.9 Å². The Balaban J connectivity index is 2.00. The third-order valence-corrected chi connectivity index (χ3v) is 4.12. The van der Waals surface area contributed by atoms with Crippen molar-refractivity contribution in [3.05, 3.63) is 101 Å². The molecule has 142 valence electrons. The van der Waals surface area contributed by atoms with Crippen LogP contribution in [0.5, 0.6) is 0 Å². The summed E-state index contributed by atoms with van der Waals surface area (Å²) in [4.78, 5) is 41.9. The van der Waals surface area contributed by atoms with Crippen molar-refractivity contribution in [1.82, 2.24) is 9.97 Å². The summed E-state index contributed by atoms with van der Waals surface area (Å²) in [7, 11) is 3.86. The van der Waals surface area contributed by atoms with E-state index in [0.29, 0.717) is 5.56 Å². The molecule has 28 heavy (non-hydrogen) atoms. The number of hydrogen-bond donors (Lipinski definition) is 2. The van der Waals surface area contributed by atoms with Gasteiger partial charge in [-0.3, -0.25) is 19.7 Å². The Labute approximate surface area is 159 Å². The predicted octanol–water partition coefficient (Wildman–Crippen LogP) is 0.695. The van der Waals surface area contributed by atoms with Gasteiger partial charge >= 0.3 is 0 Å². The number of benzene rings is 2. The van der Waals surface area contributed by atoms with Crippen molar-refractivity contribution in [3.63, 3.8) is 0 Å². The normalized spacial score (nSPS) is 12.2. The lowest BCUT2D eigenvalue weighted by Gasteiger charge is -2.11. The van der Waals surface area contributed by atoms with Crippen molar-refractivity contribution < 1.29 is 4.92 Å². The predicted molar refractivity (Wildman–Crippen MR) is 108 cm³/mol. The molecule has 0 saturated carbocycles. The summed E-state index contributed by atoms with van der Waals surface area (Å²) in [6, 6.07) is 13.2. The molecule has 0 atom stereocenters. The van der Waals surface area contributed by atoms with Gasteiger partial charge in [0.15, 0.2) is 0 Å². The zero-order chi connectivity index (χ0) is 20.3. The molecule has 0 saturated heterocycles. The molecule has 0 amide bonds. The molecule has 0 radical (unpaired) electrons. The van der Waals surface area contributed by atoms with Crippen molar-refractivity contribution in [2.75, 3.05) is 19.0 Å². The maximum absolute atomic E-state index is 12.3. The number of nitro groups is 1. The Morgan fingerprint density at radius 2 is 1.25 bits per heavy atom. The van der Waals surface area contributed by atoms with E-state index in [-0.39, 0.29) is 16.4 Å². The molecule has 0 fully saturated rings. The maximum Gasteiger partial charge on any atom is 0.272 e. The Hall–Kier alpha value is -3.94. The molecule has 2 N–H and O–H groups in total. The third-order valence-electron chi connectivity index (χ3n) is 4.12. The van der Waals surface area contributed by atoms with Crippen LogP contribution < -0.4 is 26.7 Å². The van der Waals surface area contributed by atoms with E-state index in [0.717, 1.165) is 11.3 Å². The van der Waals surface area contributed by atoms with Gasteiger partial charge in [-0.05, 0) is 47.5 Å². The molecule has 0 aliphatic carbocycles. The van der Waals surface area contributed by atoms with E-state index in [1.165, 1.54) is 30.3 Å². The molecule has 3 rings (SSSR count). The minimum atomic E-state index is -0.506. The van der Waals surface area contributed by atoms with Gasteiger partial charge in [-0.1, -0.05) is 12.1 Å². The van der Waals surface area contributed by atoms with Gasteiger partial charge in [-0.15, -0.1) is 0 Å². The maximum atomic E-state index is 12.3. The first-order valence-corrected chi connectivity index (χ1v) is 8.41. The number of hydrogen-bond acceptors (Lipinski definition) is 5. The SMILES string of the molecule is CN(C)c1ccc(/C=c2\[nH]c(=O)/c(=C/c3ccc([N+](=O)[O-])cc3)[nH]c2=O)cc1. The van der Waals surface area contributed by atoms with Crippen molar-refractivity contribution >= 4 is 23.5 Å². The zero-order valence-corrected chi connectivity index (χ0v) is 15.3. The first kappa shape index (κ1) is 18.8. The molecule has 0 spiro atoms. The van der Waals surface area contributed by atoms with Crippen LogP contribution in [0, 0.1) is 10.1 Å². The van der Waals surface area contributed by atoms with Gasteiger partial charge in [0.1, 0.15) is 10.7 Å². The second-order valence-corrected chi connectivity index (χ2v) is 6.36. The molecule has 0 aliphatic rings. The van der Waals surface area contributed by atoms with Crippen LogP contribution in [0.15, 0.2) is 58.1 Å². The highest BCUT2D eigenvalue weighted by Crippen LogP contribution is 2.12. The summed E-state index contributed by atoms with van der Waals surface area (Å²) < 4.78 is 0. The topological polar surface area (TPSA) is 112 Å². The van der Waals surface area contributed by atoms with Crippen LogP contribution >= 0.6 is 0 Å². The number of rotatable bonds is 4. The van der Waals surface area contributed by atoms with E-state index < -0.39 is 16.0 Å². The lowest BCUT2D eigenvalue weighted by molar-refractivity contribution is -0.384. The Morgan fingerprint density at radius 1 is 0.821 bits per heavy atom. The van der Waals surface area contributed by atoms with Crippen LogP contribution in [-0.2, 0) is 0 Å². The van der Waals surface area contributed by atoms with E-state index >= 15 is 0 Å². The smallest absolute Gasteiger partial charge is 0.272 e. The third kappa shape index (κ3) is 4.24. The fraction of sp³-hybridized carbons (Fsp3) is 0.100. The minimum Gasteiger partial charge on any atom is -0.378 e. The highest BCUT2D eigenvalue weighted by atomic mass is 16.6. The van der Waals surface area contributed by atoms with Crippen LogP contribution in [0.2, 0.25) is 0 Å². The number of nitrogens with zero attached hydrogens (tertiary/aromatic N) is 2. The van der Waals surface area contributed by atoms with Crippen molar-refractivity contribution in [2.24, 2.45) is 0 Å². The van der Waals surface area contributed by atoms with Crippen LogP contribution in [0.4, 0.5) is 11.4 Å². The molecule has 0 aliphatic heterocycles. The Kier molecular flexibility index (Phi) is 5.21. The number of aromatic nitrogens is 2. The van der Waals surface area contributed by atoms with Gasteiger partial charge in [0.25, 0.3) is 16.8 Å². The molecule has 0 unspecified atom stereocenters. The first-order chi connectivity index (χ1) is 13.3. The highest BCUT2D eigenvalue weighted by molar-refractivity contribution is 5.55. The molecule has 1 heterocycles. The zero-order valence-electron chi connectivity index (χ0n) is 15.3. The number of nitro benzene ring substituents is 1. The van der Waals surface area contributed by atoms with E-state index in [4.69, 9.17) is 0 Å². The van der Waals surface area contributed by atoms with E-state index in [9.17, 15) is 19.7 Å². The summed E-state index contributed by atoms with van der Waals surface area (Å²) in [6.07, 6.45) is 3.05. The second-order valence-electron chi connectivity index (χ2n) is 6.36. The molecule has 2 aromatic carbocycles. The molecular formula is C20H18N4O4. The number of anilines is 1. The van der Waals surface area contributed by atoms with Crippen molar-refractivity contribution in [3.8, 4) is 0 Å². The lowest BCUT2D eigenvalue weighted by Crippen LogP contribution is -2.46. The van der Waals surface area contributed by atoms with Crippen molar-refractivity contribution in [1.29, 1.82) is 0 Å². The van der Waals surface area contributed by atoms with Gasteiger partial charge in [0.2, 0.25) is 0 Å². The molecule has 1 aromatic heterocycles. The average Bonchev–Trinajstić information content (AvgIpc) is 2.66. The minimum absolute atomic E-state index is 0.0511. The van der Waals surface area contributed by atoms with Gasteiger partial charge in [0.05, 0.1) is 4.92 Å². The summed E-state index contributed by atoms with van der Waals surface area (Å²) in [6.45, 7) is 0. The van der Waals surface area contributed by atoms with Crippen molar-refractivity contribution in [2.45, 2.75) is 0 Å². The molecule has 8 heteroatoms. The summed E-state index contributed by atoms with van der Waals surface area (Å²) in [5.74, 6) is 0. The number of H-pyrrole nitrogens is 2. The molecule has 3 aromatic rings. The van der Waals surface area contributed by atoms with Gasteiger partial charge in [0, 0.05) is 31.9 Å². The molecule has 8 nitrogen and oxygen atoms in total. The van der Waals surface area contributed by atoms with E-state index in [1.54, 1.807) is 6.08 Å². The van der Waals surface area contributed by atoms with E-state index in [2.05, 4.69) is 9.97 Å². The molecule has 0 bridgehead atoms. The van der Waals surface area contributed by atoms with Crippen LogP contribution in [-0.4, -0.2) is 29.0 Å². The highest BCUT2D eigenvalue weighted by Gasteiger charge is 2.03. The fourth-order valence-electron chi connectivity index (χ4n) is 2.59. The van der Waals surface area contributed by atoms with E-state index in [1.807, 2.05) is 43.3 Å². The van der Waals surface area contributed by atoms with Crippen LogP contribution in [0.1, 0.15) is 11.1 Å². The quantitative estimate of drug-likeness (QED) is 0.513. The average molecular weight is 378 g/mol. The number of non-ortho nitro benzene ring substituents is 1. The second kappa shape index (κ2) is 7.75. The summed E-state index contributed by atoms with van der Waals surface area (Å²) in [5, 5.41) is 10.9. The number of aromatic amines is 2. The largest absolute Gasteiger partial charge is 0.378 e. The molecular weight excluding hydrogens is 360 g/mol. The van der Waals surface area contributed by atoms with Crippen LogP contribution in [0.25, 0.3) is 12.2 Å². The Bertz CT molecular complexity index is 1240. The summed E-state index contributed by atoms with van der Waals surface area (Å²) in [5.41, 5.74) is 1.40. The fourth-order valence-corrected chi connectivity index (χ4v) is 2.59. The van der Waals surface area contributed by atoms with Gasteiger partial charge in [-0.2, -0.15) is 0 Å². The van der Waals surface area contributed by atoms with Crippen LogP contribution in [0.3, 0.4) is 0 Å². The standard InChI is InChI=1S/C20H18N4O4/c1-23(2)15-7-3-13(4-8-15)11-17-19(25)22-18(20(26)21-17)12-14-5-9-16(10-6-14)24(27)28/h3-12H,1-2H3,(H,21,26)(H,22,25)/b17-11-,18-12-. The lowest BCUT2D eigenvalue weighted by atomic mass is 10.2. The number of nitrogens with one attached hydrogen (secondary N) is 2.